The molecule has 5 nitrogen and oxygen atoms in total. The van der Waals surface area contributed by atoms with E-state index in [1.54, 1.807) is 6.21 Å². The number of carbonyl (C=O) groups excluding carboxylic acids is 2. The van der Waals surface area contributed by atoms with E-state index in [2.05, 4.69) is 33.9 Å². The van der Waals surface area contributed by atoms with E-state index >= 15 is 0 Å². The molecule has 2 bridgehead atoms. The predicted molar refractivity (Wildman–Crippen MR) is 143 cm³/mol. The maximum atomic E-state index is 13.8. The Morgan fingerprint density at radius 1 is 0.757 bits per heavy atom. The first-order valence-electron chi connectivity index (χ1n) is 12.5. The molecule has 2 amide bonds. The molecule has 0 radical (unpaired) electrons. The fourth-order valence-electron chi connectivity index (χ4n) is 6.83. The number of carbonyl (C=O) groups is 2. The molecule has 1 aliphatic heterocycles. The number of benzene rings is 3. The minimum atomic E-state index is -0.432. The van der Waals surface area contributed by atoms with E-state index in [9.17, 15) is 9.59 Å². The van der Waals surface area contributed by atoms with E-state index in [-0.39, 0.29) is 23.7 Å². The van der Waals surface area contributed by atoms with Crippen LogP contribution in [-0.2, 0) is 9.59 Å². The quantitative estimate of drug-likeness (QED) is 0.254. The summed E-state index contributed by atoms with van der Waals surface area (Å²) in [5.41, 5.74) is 8.40. The van der Waals surface area contributed by atoms with E-state index in [4.69, 9.17) is 11.6 Å². The van der Waals surface area contributed by atoms with Gasteiger partial charge in [0.25, 0.3) is 11.8 Å². The van der Waals surface area contributed by atoms with Gasteiger partial charge in [-0.1, -0.05) is 66.2 Å². The lowest BCUT2D eigenvalue weighted by Crippen LogP contribution is -2.41. The van der Waals surface area contributed by atoms with Crippen molar-refractivity contribution in [2.45, 2.75) is 25.7 Å². The van der Waals surface area contributed by atoms with Crippen molar-refractivity contribution in [1.82, 2.24) is 9.58 Å². The number of amides is 2. The SMILES string of the molecule is Cc1cc(/C=N\N2C(=O)[C@@H]3C4c5ccccc5C(c5ccccc54)[C@H]3C2=O)c(C)n1-c1cccc(Cl)c1. The van der Waals surface area contributed by atoms with Gasteiger partial charge in [0.05, 0.1) is 18.1 Å². The summed E-state index contributed by atoms with van der Waals surface area (Å²) < 4.78 is 2.09. The Labute approximate surface area is 220 Å². The van der Waals surface area contributed by atoms with Gasteiger partial charge in [0.15, 0.2) is 0 Å². The van der Waals surface area contributed by atoms with Gasteiger partial charge in [-0.05, 0) is 60.4 Å². The van der Waals surface area contributed by atoms with E-state index < -0.39 is 11.8 Å². The third kappa shape index (κ3) is 3.07. The third-order valence-corrected chi connectivity index (χ3v) is 8.51. The van der Waals surface area contributed by atoms with Crippen LogP contribution in [0.4, 0.5) is 0 Å². The predicted octanol–water partition coefficient (Wildman–Crippen LogP) is 5.97. The van der Waals surface area contributed by atoms with E-state index in [0.29, 0.717) is 5.02 Å². The molecule has 2 heterocycles. The minimum absolute atomic E-state index is 0.132. The molecule has 1 saturated heterocycles. The van der Waals surface area contributed by atoms with Crippen LogP contribution in [0.25, 0.3) is 5.69 Å². The zero-order valence-electron chi connectivity index (χ0n) is 20.4. The number of hydrogen-bond donors (Lipinski definition) is 0. The first-order valence-corrected chi connectivity index (χ1v) is 12.9. The summed E-state index contributed by atoms with van der Waals surface area (Å²) in [6.45, 7) is 4.01. The van der Waals surface area contributed by atoms with E-state index in [1.165, 1.54) is 0 Å². The Balaban J connectivity index is 1.27. The van der Waals surface area contributed by atoms with Crippen molar-refractivity contribution in [2.75, 3.05) is 0 Å². The van der Waals surface area contributed by atoms with Crippen LogP contribution >= 0.6 is 11.6 Å². The molecule has 8 rings (SSSR count). The molecule has 0 spiro atoms. The highest BCUT2D eigenvalue weighted by atomic mass is 35.5. The van der Waals surface area contributed by atoms with E-state index in [0.717, 1.165) is 49.9 Å². The molecule has 3 aliphatic carbocycles. The molecule has 2 atom stereocenters. The number of hydrazone groups is 1. The van der Waals surface area contributed by atoms with Crippen molar-refractivity contribution < 1.29 is 9.59 Å². The standard InChI is InChI=1S/C31H24ClN3O2/c1-17-14-19(18(2)34(17)21-9-7-8-20(32)15-21)16-33-35-30(36)28-26-22-10-3-4-11-23(22)27(29(28)31(35)37)25-13-6-5-12-24(25)26/h3-16,26-29H,1-2H3/b33-16-/t26?,27?,28-,29-/m1/s1. The van der Waals surface area contributed by atoms with Crippen LogP contribution in [0.3, 0.4) is 0 Å². The van der Waals surface area contributed by atoms with Crippen molar-refractivity contribution in [3.05, 3.63) is 123 Å². The minimum Gasteiger partial charge on any atom is -0.318 e. The number of hydrogen-bond acceptors (Lipinski definition) is 3. The lowest BCUT2D eigenvalue weighted by Gasteiger charge is -2.45. The normalized spacial score (nSPS) is 23.5. The second-order valence-corrected chi connectivity index (χ2v) is 10.6. The molecule has 0 saturated carbocycles. The fourth-order valence-corrected chi connectivity index (χ4v) is 7.01. The molecule has 0 unspecified atom stereocenters. The van der Waals surface area contributed by atoms with Gasteiger partial charge in [0.2, 0.25) is 0 Å². The molecular weight excluding hydrogens is 482 g/mol. The summed E-state index contributed by atoms with van der Waals surface area (Å²) in [7, 11) is 0. The molecule has 3 aromatic carbocycles. The van der Waals surface area contributed by atoms with Crippen molar-refractivity contribution in [3.8, 4) is 5.69 Å². The first kappa shape index (κ1) is 22.3. The molecule has 1 aromatic heterocycles. The van der Waals surface area contributed by atoms with Gasteiger partial charge >= 0.3 is 0 Å². The Morgan fingerprint density at radius 2 is 1.30 bits per heavy atom. The molecule has 182 valence electrons. The number of aryl methyl sites for hydroxylation is 1. The Kier molecular flexibility index (Phi) is 4.82. The van der Waals surface area contributed by atoms with Crippen LogP contribution in [0.1, 0.15) is 51.0 Å². The Hall–Kier alpha value is -3.96. The summed E-state index contributed by atoms with van der Waals surface area (Å²) in [5, 5.41) is 6.28. The number of nitrogens with zero attached hydrogens (tertiary/aromatic N) is 3. The number of rotatable bonds is 3. The highest BCUT2D eigenvalue weighted by Gasteiger charge is 2.61. The molecule has 6 heteroatoms. The average Bonchev–Trinajstić information content (AvgIpc) is 3.34. The number of imide groups is 1. The van der Waals surface area contributed by atoms with Crippen LogP contribution in [0.15, 0.2) is 84.0 Å². The maximum Gasteiger partial charge on any atom is 0.254 e. The fraction of sp³-hybridized carbons (Fsp3) is 0.194. The second-order valence-electron chi connectivity index (χ2n) is 10.1. The Bertz CT molecular complexity index is 1540. The van der Waals surface area contributed by atoms with Crippen molar-refractivity contribution in [2.24, 2.45) is 16.9 Å². The zero-order chi connectivity index (χ0) is 25.4. The lowest BCUT2D eigenvalue weighted by molar-refractivity contribution is -0.139. The van der Waals surface area contributed by atoms with Crippen molar-refractivity contribution >= 4 is 29.6 Å². The van der Waals surface area contributed by atoms with Gasteiger partial charge in [-0.15, -0.1) is 0 Å². The topological polar surface area (TPSA) is 54.7 Å². The third-order valence-electron chi connectivity index (χ3n) is 8.27. The van der Waals surface area contributed by atoms with Crippen LogP contribution < -0.4 is 0 Å². The summed E-state index contributed by atoms with van der Waals surface area (Å²) in [6, 6.07) is 26.2. The zero-order valence-corrected chi connectivity index (χ0v) is 21.2. The van der Waals surface area contributed by atoms with Crippen molar-refractivity contribution in [1.29, 1.82) is 0 Å². The monoisotopic (exact) mass is 505 g/mol. The van der Waals surface area contributed by atoms with Crippen LogP contribution in [0.2, 0.25) is 5.02 Å². The van der Waals surface area contributed by atoms with Crippen LogP contribution in [0.5, 0.6) is 0 Å². The van der Waals surface area contributed by atoms with Gasteiger partial charge < -0.3 is 4.57 Å². The van der Waals surface area contributed by atoms with Crippen molar-refractivity contribution in [3.63, 3.8) is 0 Å². The number of halogens is 1. The molecule has 1 fully saturated rings. The molecule has 37 heavy (non-hydrogen) atoms. The summed E-state index contributed by atoms with van der Waals surface area (Å²) in [4.78, 5) is 27.5. The molecule has 4 aromatic rings. The van der Waals surface area contributed by atoms with Gasteiger partial charge in [-0.2, -0.15) is 10.1 Å². The lowest BCUT2D eigenvalue weighted by atomic mass is 9.55. The Morgan fingerprint density at radius 3 is 1.81 bits per heavy atom. The van der Waals surface area contributed by atoms with Gasteiger partial charge in [-0.25, -0.2) is 0 Å². The maximum absolute atomic E-state index is 13.8. The highest BCUT2D eigenvalue weighted by molar-refractivity contribution is 6.30. The number of aromatic nitrogens is 1. The van der Waals surface area contributed by atoms with Crippen LogP contribution in [0, 0.1) is 25.7 Å². The van der Waals surface area contributed by atoms with Crippen LogP contribution in [-0.4, -0.2) is 27.6 Å². The largest absolute Gasteiger partial charge is 0.318 e. The molecule has 0 N–H and O–H groups in total. The average molecular weight is 506 g/mol. The summed E-state index contributed by atoms with van der Waals surface area (Å²) in [6.07, 6.45) is 1.64. The second kappa shape index (κ2) is 8.02. The van der Waals surface area contributed by atoms with E-state index in [1.807, 2.05) is 68.4 Å². The van der Waals surface area contributed by atoms with Gasteiger partial charge in [0, 0.05) is 39.5 Å². The smallest absolute Gasteiger partial charge is 0.254 e. The summed E-state index contributed by atoms with van der Waals surface area (Å²) >= 11 is 6.22. The highest BCUT2D eigenvalue weighted by Crippen LogP contribution is 2.60. The van der Waals surface area contributed by atoms with Gasteiger partial charge in [0.1, 0.15) is 0 Å². The molecule has 4 aliphatic rings. The molecular formula is C31H24ClN3O2. The summed E-state index contributed by atoms with van der Waals surface area (Å²) in [5.74, 6) is -1.56. The van der Waals surface area contributed by atoms with Gasteiger partial charge in [-0.3, -0.25) is 9.59 Å². The first-order chi connectivity index (χ1) is 18.0.